The molecule has 2 aromatic rings. The molecule has 0 fully saturated rings. The van der Waals surface area contributed by atoms with E-state index in [0.29, 0.717) is 18.2 Å². The fourth-order valence-electron chi connectivity index (χ4n) is 2.59. The van der Waals surface area contributed by atoms with E-state index in [4.69, 9.17) is 0 Å². The first-order chi connectivity index (χ1) is 10.1. The van der Waals surface area contributed by atoms with Gasteiger partial charge in [0.15, 0.2) is 11.6 Å². The number of nitrogens with zero attached hydrogens (tertiary/aromatic N) is 1. The van der Waals surface area contributed by atoms with Crippen LogP contribution in [0, 0.1) is 17.5 Å². The molecule has 1 heterocycles. The van der Waals surface area contributed by atoms with Gasteiger partial charge in [-0.25, -0.2) is 13.2 Å². The Balaban J connectivity index is 1.92. The van der Waals surface area contributed by atoms with Crippen molar-refractivity contribution >= 4 is 12.0 Å². The SMILES string of the molecule is O=Cc1ccc2c(c1)N(Cc1cc(F)c(F)cc1F)CC2. The minimum absolute atomic E-state index is 0.0956. The number of carbonyl (C=O) groups excluding carboxylic acids is 1. The maximum absolute atomic E-state index is 13.7. The summed E-state index contributed by atoms with van der Waals surface area (Å²) in [6.07, 6.45) is 1.52. The maximum atomic E-state index is 13.7. The number of benzene rings is 2. The molecular weight excluding hydrogens is 279 g/mol. The van der Waals surface area contributed by atoms with Crippen molar-refractivity contribution in [3.05, 3.63) is 64.5 Å². The lowest BCUT2D eigenvalue weighted by Crippen LogP contribution is -2.20. The Morgan fingerprint density at radius 1 is 1.05 bits per heavy atom. The van der Waals surface area contributed by atoms with E-state index in [0.717, 1.165) is 30.0 Å². The van der Waals surface area contributed by atoms with Gasteiger partial charge in [0, 0.05) is 36.0 Å². The van der Waals surface area contributed by atoms with Gasteiger partial charge in [-0.3, -0.25) is 4.79 Å². The average Bonchev–Trinajstić information content (AvgIpc) is 2.87. The Labute approximate surface area is 119 Å². The number of aldehydes is 1. The maximum Gasteiger partial charge on any atom is 0.161 e. The zero-order chi connectivity index (χ0) is 15.0. The minimum atomic E-state index is -1.19. The third-order valence-corrected chi connectivity index (χ3v) is 3.69. The van der Waals surface area contributed by atoms with Gasteiger partial charge < -0.3 is 4.90 Å². The molecule has 5 heteroatoms. The first-order valence-electron chi connectivity index (χ1n) is 6.55. The molecule has 2 aromatic carbocycles. The van der Waals surface area contributed by atoms with Crippen LogP contribution in [0.4, 0.5) is 18.9 Å². The van der Waals surface area contributed by atoms with Gasteiger partial charge in [0.25, 0.3) is 0 Å². The monoisotopic (exact) mass is 291 g/mol. The highest BCUT2D eigenvalue weighted by Gasteiger charge is 2.21. The van der Waals surface area contributed by atoms with E-state index in [2.05, 4.69) is 0 Å². The molecule has 0 unspecified atom stereocenters. The highest BCUT2D eigenvalue weighted by Crippen LogP contribution is 2.30. The van der Waals surface area contributed by atoms with Crippen LogP contribution >= 0.6 is 0 Å². The summed E-state index contributed by atoms with van der Waals surface area (Å²) in [5, 5.41) is 0. The summed E-state index contributed by atoms with van der Waals surface area (Å²) < 4.78 is 39.9. The van der Waals surface area contributed by atoms with Crippen LogP contribution in [0.25, 0.3) is 0 Å². The standard InChI is InChI=1S/C16H12F3NO/c17-13-7-15(19)14(18)6-12(13)8-20-4-3-11-2-1-10(9-21)5-16(11)20/h1-2,5-7,9H,3-4,8H2. The second-order valence-electron chi connectivity index (χ2n) is 5.04. The molecule has 0 amide bonds. The van der Waals surface area contributed by atoms with Crippen molar-refractivity contribution in [2.24, 2.45) is 0 Å². The van der Waals surface area contributed by atoms with Crippen LogP contribution in [0.1, 0.15) is 21.5 Å². The second kappa shape index (κ2) is 5.24. The molecule has 0 aromatic heterocycles. The van der Waals surface area contributed by atoms with Gasteiger partial charge in [0.05, 0.1) is 0 Å². The smallest absolute Gasteiger partial charge is 0.161 e. The summed E-state index contributed by atoms with van der Waals surface area (Å²) in [6.45, 7) is 0.786. The van der Waals surface area contributed by atoms with Crippen LogP contribution in [-0.4, -0.2) is 12.8 Å². The summed E-state index contributed by atoms with van der Waals surface area (Å²) in [5.74, 6) is -3.03. The van der Waals surface area contributed by atoms with Crippen LogP contribution in [0.2, 0.25) is 0 Å². The fourth-order valence-corrected chi connectivity index (χ4v) is 2.59. The second-order valence-corrected chi connectivity index (χ2v) is 5.04. The molecule has 1 aliphatic heterocycles. The molecule has 2 nitrogen and oxygen atoms in total. The number of halogens is 3. The number of rotatable bonds is 3. The van der Waals surface area contributed by atoms with Gasteiger partial charge in [-0.1, -0.05) is 12.1 Å². The summed E-state index contributed by atoms with van der Waals surface area (Å²) in [6, 6.07) is 6.76. The molecule has 0 radical (unpaired) electrons. The first-order valence-corrected chi connectivity index (χ1v) is 6.55. The van der Waals surface area contributed by atoms with Crippen molar-refractivity contribution in [3.63, 3.8) is 0 Å². The van der Waals surface area contributed by atoms with E-state index in [1.54, 1.807) is 12.1 Å². The van der Waals surface area contributed by atoms with E-state index in [9.17, 15) is 18.0 Å². The lowest BCUT2D eigenvalue weighted by molar-refractivity contribution is 0.112. The van der Waals surface area contributed by atoms with E-state index in [-0.39, 0.29) is 12.1 Å². The Kier molecular flexibility index (Phi) is 3.41. The van der Waals surface area contributed by atoms with Crippen molar-refractivity contribution in [1.82, 2.24) is 0 Å². The Morgan fingerprint density at radius 2 is 1.81 bits per heavy atom. The van der Waals surface area contributed by atoms with Crippen LogP contribution in [0.15, 0.2) is 30.3 Å². The van der Waals surface area contributed by atoms with Crippen LogP contribution in [0.3, 0.4) is 0 Å². The predicted octanol–water partition coefficient (Wildman–Crippen LogP) is 3.48. The van der Waals surface area contributed by atoms with Crippen molar-refractivity contribution in [1.29, 1.82) is 0 Å². The number of hydrogen-bond acceptors (Lipinski definition) is 2. The van der Waals surface area contributed by atoms with Crippen molar-refractivity contribution in [2.45, 2.75) is 13.0 Å². The Bertz CT molecular complexity index is 715. The molecule has 1 aliphatic rings. The molecule has 0 saturated carbocycles. The molecule has 0 spiro atoms. The molecule has 0 saturated heterocycles. The number of anilines is 1. The van der Waals surface area contributed by atoms with E-state index < -0.39 is 17.5 Å². The number of fused-ring (bicyclic) bond motifs is 1. The highest BCUT2D eigenvalue weighted by atomic mass is 19.2. The van der Waals surface area contributed by atoms with Crippen molar-refractivity contribution in [2.75, 3.05) is 11.4 Å². The van der Waals surface area contributed by atoms with Crippen LogP contribution < -0.4 is 4.90 Å². The molecule has 108 valence electrons. The lowest BCUT2D eigenvalue weighted by Gasteiger charge is -2.20. The number of hydrogen-bond donors (Lipinski definition) is 0. The molecule has 21 heavy (non-hydrogen) atoms. The summed E-state index contributed by atoms with van der Waals surface area (Å²) in [7, 11) is 0. The lowest BCUT2D eigenvalue weighted by atomic mass is 10.1. The quantitative estimate of drug-likeness (QED) is 0.637. The topological polar surface area (TPSA) is 20.3 Å². The molecule has 0 N–H and O–H groups in total. The summed E-state index contributed by atoms with van der Waals surface area (Å²) in [5.41, 5.74) is 2.52. The minimum Gasteiger partial charge on any atom is -0.367 e. The normalized spacial score (nSPS) is 13.4. The summed E-state index contributed by atoms with van der Waals surface area (Å²) in [4.78, 5) is 12.7. The van der Waals surface area contributed by atoms with Gasteiger partial charge >= 0.3 is 0 Å². The third-order valence-electron chi connectivity index (χ3n) is 3.69. The van der Waals surface area contributed by atoms with Gasteiger partial charge in [-0.15, -0.1) is 0 Å². The largest absolute Gasteiger partial charge is 0.367 e. The van der Waals surface area contributed by atoms with Crippen molar-refractivity contribution in [3.8, 4) is 0 Å². The Hall–Kier alpha value is -2.30. The molecule has 0 aliphatic carbocycles. The average molecular weight is 291 g/mol. The highest BCUT2D eigenvalue weighted by molar-refractivity contribution is 5.78. The number of carbonyl (C=O) groups is 1. The van der Waals surface area contributed by atoms with E-state index in [1.165, 1.54) is 0 Å². The van der Waals surface area contributed by atoms with Gasteiger partial charge in [-0.05, 0) is 24.1 Å². The van der Waals surface area contributed by atoms with Gasteiger partial charge in [-0.2, -0.15) is 0 Å². The van der Waals surface area contributed by atoms with Crippen LogP contribution in [0.5, 0.6) is 0 Å². The zero-order valence-electron chi connectivity index (χ0n) is 11.1. The van der Waals surface area contributed by atoms with Gasteiger partial charge in [0.1, 0.15) is 12.1 Å². The molecule has 0 bridgehead atoms. The van der Waals surface area contributed by atoms with Crippen LogP contribution in [-0.2, 0) is 13.0 Å². The first kappa shape index (κ1) is 13.7. The zero-order valence-corrected chi connectivity index (χ0v) is 11.1. The van der Waals surface area contributed by atoms with Gasteiger partial charge in [0.2, 0.25) is 0 Å². The Morgan fingerprint density at radius 3 is 2.57 bits per heavy atom. The van der Waals surface area contributed by atoms with E-state index in [1.807, 2.05) is 11.0 Å². The molecule has 0 atom stereocenters. The third kappa shape index (κ3) is 2.51. The molecular formula is C16H12F3NO. The fraction of sp³-hybridized carbons (Fsp3) is 0.188. The predicted molar refractivity (Wildman–Crippen MR) is 72.9 cm³/mol. The van der Waals surface area contributed by atoms with Crippen molar-refractivity contribution < 1.29 is 18.0 Å². The molecule has 3 rings (SSSR count). The van der Waals surface area contributed by atoms with E-state index >= 15 is 0 Å². The summed E-state index contributed by atoms with van der Waals surface area (Å²) >= 11 is 0.